The maximum Gasteiger partial charge on any atom is 0.256 e. The van der Waals surface area contributed by atoms with Crippen molar-refractivity contribution in [3.05, 3.63) is 58.3 Å². The fourth-order valence-electron chi connectivity index (χ4n) is 2.58. The molecule has 3 nitrogen and oxygen atoms in total. The van der Waals surface area contributed by atoms with Crippen molar-refractivity contribution in [2.45, 2.75) is 25.3 Å². The Morgan fingerprint density at radius 2 is 2.25 bits per heavy atom. The Kier molecular flexibility index (Phi) is 3.49. The van der Waals surface area contributed by atoms with Crippen molar-refractivity contribution in [3.63, 3.8) is 0 Å². The number of amides is 1. The van der Waals surface area contributed by atoms with Crippen molar-refractivity contribution in [1.29, 1.82) is 0 Å². The second-order valence-corrected chi connectivity index (χ2v) is 5.22. The van der Waals surface area contributed by atoms with Gasteiger partial charge in [0.15, 0.2) is 0 Å². The van der Waals surface area contributed by atoms with Crippen LogP contribution in [0.5, 0.6) is 0 Å². The van der Waals surface area contributed by atoms with Crippen molar-refractivity contribution >= 4 is 17.5 Å². The average Bonchev–Trinajstić information content (AvgIpc) is 2.88. The smallest absolute Gasteiger partial charge is 0.256 e. The lowest BCUT2D eigenvalue weighted by Gasteiger charge is -2.23. The van der Waals surface area contributed by atoms with E-state index in [1.165, 1.54) is 18.2 Å². The third-order valence-corrected chi connectivity index (χ3v) is 3.86. The van der Waals surface area contributed by atoms with Crippen LogP contribution in [0.1, 0.15) is 40.6 Å². The van der Waals surface area contributed by atoms with Crippen molar-refractivity contribution in [2.24, 2.45) is 0 Å². The van der Waals surface area contributed by atoms with Crippen LogP contribution in [0.4, 0.5) is 4.39 Å². The minimum atomic E-state index is -0.613. The van der Waals surface area contributed by atoms with Gasteiger partial charge in [-0.1, -0.05) is 17.7 Å². The molecule has 1 N–H and O–H groups in total. The van der Waals surface area contributed by atoms with E-state index in [-0.39, 0.29) is 16.6 Å². The van der Waals surface area contributed by atoms with Gasteiger partial charge >= 0.3 is 0 Å². The third-order valence-electron chi connectivity index (χ3n) is 3.55. The Bertz CT molecular complexity index is 633. The number of fused-ring (bicyclic) bond motifs is 1. The SMILES string of the molecule is O=C(NC1CCCc2occc21)c1c(F)cccc1Cl. The number of rotatable bonds is 2. The van der Waals surface area contributed by atoms with E-state index in [0.717, 1.165) is 30.6 Å². The van der Waals surface area contributed by atoms with Gasteiger partial charge in [0.1, 0.15) is 11.6 Å². The number of benzene rings is 1. The predicted octanol–water partition coefficient (Wildman–Crippen LogP) is 3.88. The minimum absolute atomic E-state index is 0.107. The molecule has 3 rings (SSSR count). The maximum atomic E-state index is 13.7. The molecule has 0 saturated heterocycles. The normalized spacial score (nSPS) is 17.6. The molecule has 1 aromatic heterocycles. The van der Waals surface area contributed by atoms with Gasteiger partial charge in [-0.25, -0.2) is 4.39 Å². The molecule has 1 unspecified atom stereocenters. The van der Waals surface area contributed by atoms with Gasteiger partial charge in [0, 0.05) is 12.0 Å². The summed E-state index contributed by atoms with van der Waals surface area (Å²) in [7, 11) is 0. The van der Waals surface area contributed by atoms with Gasteiger partial charge in [0.2, 0.25) is 0 Å². The van der Waals surface area contributed by atoms with E-state index in [1.807, 2.05) is 6.07 Å². The van der Waals surface area contributed by atoms with E-state index >= 15 is 0 Å². The highest BCUT2D eigenvalue weighted by atomic mass is 35.5. The van der Waals surface area contributed by atoms with E-state index in [2.05, 4.69) is 5.32 Å². The number of furan rings is 1. The quantitative estimate of drug-likeness (QED) is 0.913. The van der Waals surface area contributed by atoms with Gasteiger partial charge in [0.05, 0.1) is 22.9 Å². The molecule has 104 valence electrons. The maximum absolute atomic E-state index is 13.7. The van der Waals surface area contributed by atoms with Crippen LogP contribution >= 0.6 is 11.6 Å². The predicted molar refractivity (Wildman–Crippen MR) is 73.3 cm³/mol. The Morgan fingerprint density at radius 1 is 1.40 bits per heavy atom. The second kappa shape index (κ2) is 5.29. The molecule has 5 heteroatoms. The van der Waals surface area contributed by atoms with Gasteiger partial charge in [-0.15, -0.1) is 0 Å². The van der Waals surface area contributed by atoms with Gasteiger partial charge in [-0.3, -0.25) is 4.79 Å². The average molecular weight is 294 g/mol. The van der Waals surface area contributed by atoms with Crippen LogP contribution in [0.25, 0.3) is 0 Å². The standard InChI is InChI=1S/C15H13ClFNO2/c16-10-3-1-4-11(17)14(10)15(19)18-12-5-2-6-13-9(12)7-8-20-13/h1,3-4,7-8,12H,2,5-6H2,(H,18,19). The summed E-state index contributed by atoms with van der Waals surface area (Å²) in [5, 5.41) is 2.95. The number of halogens is 2. The van der Waals surface area contributed by atoms with E-state index in [1.54, 1.807) is 6.26 Å². The molecule has 0 spiro atoms. The summed E-state index contributed by atoms with van der Waals surface area (Å²) in [6.45, 7) is 0. The fraction of sp³-hybridized carbons (Fsp3) is 0.267. The molecule has 20 heavy (non-hydrogen) atoms. The topological polar surface area (TPSA) is 42.2 Å². The zero-order valence-corrected chi connectivity index (χ0v) is 11.4. The summed E-state index contributed by atoms with van der Waals surface area (Å²) in [5.41, 5.74) is 0.863. The number of carbonyl (C=O) groups excluding carboxylic acids is 1. The Hall–Kier alpha value is -1.81. The van der Waals surface area contributed by atoms with E-state index in [9.17, 15) is 9.18 Å². The summed E-state index contributed by atoms with van der Waals surface area (Å²) in [6.07, 6.45) is 4.22. The van der Waals surface area contributed by atoms with Gasteiger partial charge in [-0.05, 0) is 31.0 Å². The highest BCUT2D eigenvalue weighted by Crippen LogP contribution is 2.31. The largest absolute Gasteiger partial charge is 0.469 e. The summed E-state index contributed by atoms with van der Waals surface area (Å²) in [6, 6.07) is 5.90. The number of aryl methyl sites for hydroxylation is 1. The fourth-order valence-corrected chi connectivity index (χ4v) is 2.83. The number of carbonyl (C=O) groups is 1. The molecule has 0 saturated carbocycles. The molecule has 0 radical (unpaired) electrons. The van der Waals surface area contributed by atoms with Crippen LogP contribution in [-0.2, 0) is 6.42 Å². The molecule has 1 aliphatic rings. The van der Waals surface area contributed by atoms with E-state index in [0.29, 0.717) is 0 Å². The Morgan fingerprint density at radius 3 is 3.05 bits per heavy atom. The van der Waals surface area contributed by atoms with E-state index < -0.39 is 11.7 Å². The first kappa shape index (κ1) is 13.2. The van der Waals surface area contributed by atoms with Crippen molar-refractivity contribution in [2.75, 3.05) is 0 Å². The lowest BCUT2D eigenvalue weighted by atomic mass is 9.93. The van der Waals surface area contributed by atoms with Crippen LogP contribution in [0, 0.1) is 5.82 Å². The summed E-state index contributed by atoms with van der Waals surface area (Å²) >= 11 is 5.90. The summed E-state index contributed by atoms with van der Waals surface area (Å²) < 4.78 is 19.1. The highest BCUT2D eigenvalue weighted by molar-refractivity contribution is 6.33. The summed E-state index contributed by atoms with van der Waals surface area (Å²) in [4.78, 5) is 12.2. The molecule has 0 bridgehead atoms. The molecule has 1 heterocycles. The number of hydrogen-bond acceptors (Lipinski definition) is 2. The van der Waals surface area contributed by atoms with Crippen molar-refractivity contribution in [1.82, 2.24) is 5.32 Å². The van der Waals surface area contributed by atoms with Crippen LogP contribution in [0.2, 0.25) is 5.02 Å². The zero-order chi connectivity index (χ0) is 14.1. The molecule has 2 aromatic rings. The molecular formula is C15H13ClFNO2. The lowest BCUT2D eigenvalue weighted by molar-refractivity contribution is 0.0928. The molecule has 1 aromatic carbocycles. The second-order valence-electron chi connectivity index (χ2n) is 4.81. The van der Waals surface area contributed by atoms with Crippen LogP contribution in [0.15, 0.2) is 34.9 Å². The van der Waals surface area contributed by atoms with E-state index in [4.69, 9.17) is 16.0 Å². The first-order valence-corrected chi connectivity index (χ1v) is 6.86. The number of nitrogens with one attached hydrogen (secondary N) is 1. The molecule has 0 aliphatic heterocycles. The van der Waals surface area contributed by atoms with Crippen LogP contribution in [-0.4, -0.2) is 5.91 Å². The monoisotopic (exact) mass is 293 g/mol. The van der Waals surface area contributed by atoms with Gasteiger partial charge in [-0.2, -0.15) is 0 Å². The Labute approximate surface area is 120 Å². The van der Waals surface area contributed by atoms with Crippen molar-refractivity contribution < 1.29 is 13.6 Å². The van der Waals surface area contributed by atoms with Crippen molar-refractivity contribution in [3.8, 4) is 0 Å². The third kappa shape index (κ3) is 2.31. The lowest BCUT2D eigenvalue weighted by Crippen LogP contribution is -2.31. The molecule has 1 atom stereocenters. The molecule has 1 aliphatic carbocycles. The molecule has 0 fully saturated rings. The highest BCUT2D eigenvalue weighted by Gasteiger charge is 2.26. The first-order valence-electron chi connectivity index (χ1n) is 6.48. The van der Waals surface area contributed by atoms with Gasteiger partial charge in [0.25, 0.3) is 5.91 Å². The summed E-state index contributed by atoms with van der Waals surface area (Å²) in [5.74, 6) is -0.216. The molecular weight excluding hydrogens is 281 g/mol. The minimum Gasteiger partial charge on any atom is -0.469 e. The zero-order valence-electron chi connectivity index (χ0n) is 10.7. The molecule has 1 amide bonds. The van der Waals surface area contributed by atoms with Crippen LogP contribution in [0.3, 0.4) is 0 Å². The van der Waals surface area contributed by atoms with Gasteiger partial charge < -0.3 is 9.73 Å². The Balaban J connectivity index is 1.85. The number of hydrogen-bond donors (Lipinski definition) is 1. The van der Waals surface area contributed by atoms with Crippen LogP contribution < -0.4 is 5.32 Å². The first-order chi connectivity index (χ1) is 9.66.